The van der Waals surface area contributed by atoms with Crippen LogP contribution in [0.4, 0.5) is 5.82 Å². The largest absolute Gasteiger partial charge is 0.578 e. The Morgan fingerprint density at radius 1 is 1.29 bits per heavy atom. The van der Waals surface area contributed by atoms with Crippen molar-refractivity contribution < 1.29 is 10.2 Å². The van der Waals surface area contributed by atoms with Crippen molar-refractivity contribution in [1.82, 2.24) is 10.3 Å². The molecule has 0 spiro atoms. The predicted octanol–water partition coefficient (Wildman–Crippen LogP) is 2.12. The number of piperidine rings is 1. The molecule has 1 aliphatic carbocycles. The second-order valence-electron chi connectivity index (χ2n) is 9.06. The van der Waals surface area contributed by atoms with Crippen LogP contribution in [0.15, 0.2) is 35.3 Å². The lowest BCUT2D eigenvalue weighted by molar-refractivity contribution is 0.160. The zero-order valence-electron chi connectivity index (χ0n) is 18.4. The summed E-state index contributed by atoms with van der Waals surface area (Å²) in [4.78, 5) is 11.4. The van der Waals surface area contributed by atoms with Gasteiger partial charge in [0.15, 0.2) is 0 Å². The Bertz CT molecular complexity index is 910. The Morgan fingerprint density at radius 3 is 2.81 bits per heavy atom. The number of nitrogens with one attached hydrogen (secondary N) is 1. The van der Waals surface area contributed by atoms with Crippen molar-refractivity contribution in [3.8, 4) is 0 Å². The van der Waals surface area contributed by atoms with Crippen LogP contribution in [0.2, 0.25) is 0 Å². The number of aromatic nitrogens is 1. The maximum absolute atomic E-state index is 10.2. The number of hydrogen-bond acceptors (Lipinski definition) is 6. The summed E-state index contributed by atoms with van der Waals surface area (Å²) in [6, 6.07) is 10.8. The van der Waals surface area contributed by atoms with Gasteiger partial charge in [-0.05, 0) is 38.3 Å². The first-order chi connectivity index (χ1) is 15.0. The van der Waals surface area contributed by atoms with Gasteiger partial charge in [0.2, 0.25) is 0 Å². The molecule has 0 radical (unpaired) electrons. The fraction of sp³-hybridized carbons (Fsp3) is 0.583. The minimum atomic E-state index is -0.442. The molecule has 0 amide bonds. The second kappa shape index (κ2) is 9.94. The molecule has 3 atom stereocenters. The molecule has 7 nitrogen and oxygen atoms in total. The first-order valence-electron chi connectivity index (χ1n) is 11.6. The first-order valence-corrected chi connectivity index (χ1v) is 11.6. The highest BCUT2D eigenvalue weighted by atomic mass is 16.3. The third kappa shape index (κ3) is 5.17. The maximum atomic E-state index is 10.2. The number of aliphatic hydroxyl groups excluding tert-OH is 1. The van der Waals surface area contributed by atoms with E-state index in [0.717, 1.165) is 29.7 Å². The van der Waals surface area contributed by atoms with Gasteiger partial charge in [-0.3, -0.25) is 0 Å². The lowest BCUT2D eigenvalue weighted by Gasteiger charge is -2.41. The van der Waals surface area contributed by atoms with Gasteiger partial charge in [0.25, 0.3) is 0 Å². The number of para-hydroxylation sites is 1. The number of nitrogens with two attached hydrogens (primary N) is 1. The van der Waals surface area contributed by atoms with Gasteiger partial charge in [-0.25, -0.2) is 4.98 Å². The van der Waals surface area contributed by atoms with Crippen LogP contribution in [0.5, 0.6) is 0 Å². The van der Waals surface area contributed by atoms with Crippen LogP contribution in [-0.4, -0.2) is 59.0 Å². The van der Waals surface area contributed by atoms with Crippen LogP contribution in [0, 0.1) is 5.92 Å². The lowest BCUT2D eigenvalue weighted by atomic mass is 9.89. The van der Waals surface area contributed by atoms with Gasteiger partial charge < -0.3 is 26.2 Å². The van der Waals surface area contributed by atoms with E-state index in [2.05, 4.69) is 15.2 Å². The molecule has 168 valence electrons. The molecule has 2 fully saturated rings. The van der Waals surface area contributed by atoms with Crippen molar-refractivity contribution in [3.63, 3.8) is 0 Å². The molecule has 6 N–H and O–H groups in total. The van der Waals surface area contributed by atoms with Crippen molar-refractivity contribution in [2.45, 2.75) is 63.7 Å². The minimum Gasteiger partial charge on any atom is -0.578 e. The molecule has 4 rings (SSSR count). The van der Waals surface area contributed by atoms with E-state index in [4.69, 9.17) is 15.8 Å². The summed E-state index contributed by atoms with van der Waals surface area (Å²) >= 11 is 0. The first kappa shape index (κ1) is 22.0. The number of hydrogen-bond donors (Lipinski definition) is 3. The van der Waals surface area contributed by atoms with E-state index < -0.39 is 6.17 Å². The molecule has 1 aromatic carbocycles. The van der Waals surface area contributed by atoms with Gasteiger partial charge in [0, 0.05) is 43.1 Å². The number of aliphatic imine (C=N–C) groups is 1. The number of fused-ring (bicyclic) bond motifs is 1. The highest BCUT2D eigenvalue weighted by molar-refractivity contribution is 6.01. The van der Waals surface area contributed by atoms with Gasteiger partial charge >= 0.3 is 5.90 Å². The summed E-state index contributed by atoms with van der Waals surface area (Å²) in [5.74, 6) is 1.06. The van der Waals surface area contributed by atoms with Crippen LogP contribution in [0.3, 0.4) is 0 Å². The molecule has 1 saturated carbocycles. The second-order valence-corrected chi connectivity index (χ2v) is 9.06. The number of aliphatic hydroxyl groups is 1. The van der Waals surface area contributed by atoms with Crippen LogP contribution >= 0.6 is 0 Å². The highest BCUT2D eigenvalue weighted by Gasteiger charge is 2.33. The van der Waals surface area contributed by atoms with Gasteiger partial charge in [-0.2, -0.15) is 4.99 Å². The fourth-order valence-corrected chi connectivity index (χ4v) is 5.00. The molecule has 1 aromatic heterocycles. The summed E-state index contributed by atoms with van der Waals surface area (Å²) in [5, 5.41) is 23.5. The monoisotopic (exact) mass is 426 g/mol. The molecule has 3 unspecified atom stereocenters. The minimum absolute atomic E-state index is 0.136. The molecule has 2 aromatic rings. The van der Waals surface area contributed by atoms with Crippen molar-refractivity contribution >= 4 is 22.6 Å². The smallest absolute Gasteiger partial charge is 0.365 e. The quantitative estimate of drug-likeness (QED) is 0.372. The van der Waals surface area contributed by atoms with Crippen LogP contribution < -0.4 is 16.0 Å². The number of rotatable bonds is 6. The summed E-state index contributed by atoms with van der Waals surface area (Å²) in [5.41, 5.74) is 7.44. The van der Waals surface area contributed by atoms with Crippen molar-refractivity contribution in [1.29, 1.82) is 0 Å². The normalized spacial score (nSPS) is 24.5. The van der Waals surface area contributed by atoms with Crippen LogP contribution in [0.1, 0.15) is 51.0 Å². The summed E-state index contributed by atoms with van der Waals surface area (Å²) in [6.07, 6.45) is 6.94. The number of nitrogens with zero attached hydrogens (tertiary/aromatic N) is 3. The summed E-state index contributed by atoms with van der Waals surface area (Å²) < 4.78 is 0. The van der Waals surface area contributed by atoms with E-state index in [1.165, 1.54) is 32.1 Å². The summed E-state index contributed by atoms with van der Waals surface area (Å²) in [6.45, 7) is 3.47. The third-order valence-corrected chi connectivity index (χ3v) is 6.61. The number of anilines is 1. The van der Waals surface area contributed by atoms with E-state index >= 15 is 0 Å². The SMILES string of the molecule is CC(N)/N=C(\[OH2+])c1cc2ccccc2nc1N1CCC(NC2CCCCC2)C(CO)C1. The molecule has 31 heavy (non-hydrogen) atoms. The number of benzene rings is 1. The third-order valence-electron chi connectivity index (χ3n) is 6.61. The van der Waals surface area contributed by atoms with Crippen molar-refractivity contribution in [2.75, 3.05) is 24.6 Å². The van der Waals surface area contributed by atoms with E-state index in [0.29, 0.717) is 24.2 Å². The fourth-order valence-electron chi connectivity index (χ4n) is 5.00. The Labute approximate surface area is 184 Å². The Morgan fingerprint density at radius 2 is 2.06 bits per heavy atom. The van der Waals surface area contributed by atoms with Gasteiger partial charge in [-0.15, -0.1) is 0 Å². The van der Waals surface area contributed by atoms with E-state index in [9.17, 15) is 5.11 Å². The Kier molecular flexibility index (Phi) is 7.05. The Balaban J connectivity index is 1.60. The average molecular weight is 427 g/mol. The van der Waals surface area contributed by atoms with Crippen molar-refractivity contribution in [2.24, 2.45) is 16.6 Å². The molecule has 7 heteroatoms. The molecular weight excluding hydrogens is 390 g/mol. The maximum Gasteiger partial charge on any atom is 0.365 e. The molecule has 2 heterocycles. The Hall–Kier alpha value is -2.22. The van der Waals surface area contributed by atoms with E-state index in [1.807, 2.05) is 30.3 Å². The zero-order chi connectivity index (χ0) is 21.8. The molecule has 2 aliphatic rings. The highest BCUT2D eigenvalue weighted by Crippen LogP contribution is 2.29. The summed E-state index contributed by atoms with van der Waals surface area (Å²) in [7, 11) is 0. The van der Waals surface area contributed by atoms with Crippen molar-refractivity contribution in [3.05, 3.63) is 35.9 Å². The van der Waals surface area contributed by atoms with Gasteiger partial charge in [-0.1, -0.05) is 37.5 Å². The molecular formula is C24H36N5O2+. The number of pyridine rings is 1. The predicted molar refractivity (Wildman–Crippen MR) is 127 cm³/mol. The van der Waals surface area contributed by atoms with Gasteiger partial charge in [0.1, 0.15) is 17.5 Å². The lowest BCUT2D eigenvalue weighted by Crippen LogP contribution is -2.54. The van der Waals surface area contributed by atoms with Gasteiger partial charge in [0.05, 0.1) is 5.52 Å². The molecule has 1 aliphatic heterocycles. The topological polar surface area (TPSA) is 110 Å². The van der Waals surface area contributed by atoms with Crippen LogP contribution in [-0.2, 0) is 0 Å². The zero-order valence-corrected chi connectivity index (χ0v) is 18.4. The van der Waals surface area contributed by atoms with Crippen LogP contribution in [0.25, 0.3) is 10.9 Å². The molecule has 0 bridgehead atoms. The average Bonchev–Trinajstić information content (AvgIpc) is 2.78. The van der Waals surface area contributed by atoms with E-state index in [1.54, 1.807) is 6.92 Å². The standard InChI is InChI=1S/C24H35N5O2/c1-16(25)26-24(31)20-13-17-7-5-6-10-21(17)28-23(20)29-12-11-22(18(14-29)15-30)27-19-8-3-2-4-9-19/h5-7,10,13,16,18-19,22,27,30H,2-4,8-9,11-12,14-15,25H2,1H3,(H,26,31)/p+1. The van der Waals surface area contributed by atoms with E-state index in [-0.39, 0.29) is 18.4 Å². The molecule has 1 saturated heterocycles.